The van der Waals surface area contributed by atoms with Crippen LogP contribution >= 0.6 is 0 Å². The van der Waals surface area contributed by atoms with Crippen molar-refractivity contribution in [3.8, 4) is 11.8 Å². The van der Waals surface area contributed by atoms with E-state index in [1.54, 1.807) is 26.0 Å². The Hall–Kier alpha value is -2.57. The summed E-state index contributed by atoms with van der Waals surface area (Å²) in [5.74, 6) is -0.967. The van der Waals surface area contributed by atoms with Crippen molar-refractivity contribution in [2.24, 2.45) is 0 Å². The van der Waals surface area contributed by atoms with Crippen molar-refractivity contribution < 1.29 is 28.5 Å². The van der Waals surface area contributed by atoms with Gasteiger partial charge in [-0.05, 0) is 26.0 Å². The second-order valence-corrected chi connectivity index (χ2v) is 3.95. The van der Waals surface area contributed by atoms with Gasteiger partial charge in [-0.1, -0.05) is 0 Å². The molecule has 0 aromatic carbocycles. The summed E-state index contributed by atoms with van der Waals surface area (Å²) in [6.45, 7) is 3.59. The molecular formula is C15H19NO6. The molecular weight excluding hydrogens is 290 g/mol. The van der Waals surface area contributed by atoms with E-state index in [4.69, 9.17) is 18.9 Å². The van der Waals surface area contributed by atoms with Gasteiger partial charge in [0.15, 0.2) is 0 Å². The fourth-order valence-corrected chi connectivity index (χ4v) is 1.60. The largest absolute Gasteiger partial charge is 0.481 e. The molecule has 0 fully saturated rings. The summed E-state index contributed by atoms with van der Waals surface area (Å²) in [6.07, 6.45) is 1.32. The molecule has 0 aliphatic rings. The fourth-order valence-electron chi connectivity index (χ4n) is 1.60. The molecule has 0 N–H and O–H groups in total. The Morgan fingerprint density at radius 1 is 1.05 bits per heavy atom. The Morgan fingerprint density at radius 3 is 2.09 bits per heavy atom. The number of nitrogens with zero attached hydrogens (tertiary/aromatic N) is 1. The van der Waals surface area contributed by atoms with Gasteiger partial charge < -0.3 is 18.9 Å². The van der Waals surface area contributed by atoms with Crippen molar-refractivity contribution >= 4 is 18.0 Å². The van der Waals surface area contributed by atoms with Crippen LogP contribution in [0.25, 0.3) is 6.08 Å². The summed E-state index contributed by atoms with van der Waals surface area (Å²) < 4.78 is 19.9. The molecule has 0 atom stereocenters. The van der Waals surface area contributed by atoms with Crippen LogP contribution in [-0.4, -0.2) is 44.4 Å². The first-order chi connectivity index (χ1) is 10.6. The van der Waals surface area contributed by atoms with Crippen molar-refractivity contribution in [3.63, 3.8) is 0 Å². The summed E-state index contributed by atoms with van der Waals surface area (Å²) in [6, 6.07) is 3.20. The predicted octanol–water partition coefficient (Wildman–Crippen LogP) is 1.61. The van der Waals surface area contributed by atoms with E-state index in [0.29, 0.717) is 11.4 Å². The van der Waals surface area contributed by atoms with E-state index in [2.05, 4.69) is 4.98 Å². The third-order valence-electron chi connectivity index (χ3n) is 2.56. The number of aromatic nitrogens is 1. The maximum Gasteiger partial charge on any atom is 0.345 e. The third-order valence-corrected chi connectivity index (χ3v) is 2.56. The summed E-state index contributed by atoms with van der Waals surface area (Å²) in [5.41, 5.74) is 0.202. The number of methoxy groups -OCH3 is 2. The van der Waals surface area contributed by atoms with Crippen LogP contribution < -0.4 is 9.47 Å². The summed E-state index contributed by atoms with van der Waals surface area (Å²) in [5, 5.41) is 0. The zero-order valence-corrected chi connectivity index (χ0v) is 13.0. The lowest BCUT2D eigenvalue weighted by molar-refractivity contribution is -0.146. The standard InChI is InChI=1S/C15H19NO6/c1-5-21-14(17)11(15(18)22-6-2)9-10-7-8-12(19-3)16-13(10)20-4/h7-9H,5-6H2,1-4H3. The SMILES string of the molecule is CCOC(=O)C(=Cc1ccc(OC)nc1OC)C(=O)OCC. The minimum Gasteiger partial charge on any atom is -0.481 e. The lowest BCUT2D eigenvalue weighted by Gasteiger charge is -2.09. The van der Waals surface area contributed by atoms with Crippen LogP contribution in [0.15, 0.2) is 17.7 Å². The molecule has 0 amide bonds. The van der Waals surface area contributed by atoms with E-state index >= 15 is 0 Å². The highest BCUT2D eigenvalue weighted by atomic mass is 16.6. The molecule has 1 aromatic rings. The molecule has 0 bridgehead atoms. The number of ether oxygens (including phenoxy) is 4. The van der Waals surface area contributed by atoms with Crippen molar-refractivity contribution in [3.05, 3.63) is 23.3 Å². The van der Waals surface area contributed by atoms with Crippen LogP contribution in [0, 0.1) is 0 Å². The maximum absolute atomic E-state index is 11.9. The van der Waals surface area contributed by atoms with Gasteiger partial charge >= 0.3 is 11.9 Å². The van der Waals surface area contributed by atoms with Crippen LogP contribution in [0.3, 0.4) is 0 Å². The Bertz CT molecular complexity index is 547. The molecule has 0 aliphatic carbocycles. The van der Waals surface area contributed by atoms with Gasteiger partial charge in [-0.15, -0.1) is 0 Å². The Balaban J connectivity index is 3.25. The summed E-state index contributed by atoms with van der Waals surface area (Å²) >= 11 is 0. The minimum absolute atomic E-state index is 0.146. The topological polar surface area (TPSA) is 84.0 Å². The van der Waals surface area contributed by atoms with Crippen LogP contribution in [0.1, 0.15) is 19.4 Å². The zero-order valence-electron chi connectivity index (χ0n) is 13.0. The van der Waals surface area contributed by atoms with Gasteiger partial charge in [0, 0.05) is 11.6 Å². The number of hydrogen-bond acceptors (Lipinski definition) is 7. The quantitative estimate of drug-likeness (QED) is 0.327. The van der Waals surface area contributed by atoms with Crippen LogP contribution in [-0.2, 0) is 19.1 Å². The number of carbonyl (C=O) groups excluding carboxylic acids is 2. The summed E-state index contributed by atoms with van der Waals surface area (Å²) in [4.78, 5) is 27.9. The van der Waals surface area contributed by atoms with Crippen LogP contribution in [0.5, 0.6) is 11.8 Å². The van der Waals surface area contributed by atoms with E-state index in [9.17, 15) is 9.59 Å². The molecule has 0 saturated heterocycles. The maximum atomic E-state index is 11.9. The molecule has 0 unspecified atom stereocenters. The van der Waals surface area contributed by atoms with Crippen molar-refractivity contribution in [2.45, 2.75) is 13.8 Å². The lowest BCUT2D eigenvalue weighted by atomic mass is 10.1. The molecule has 0 saturated carbocycles. The molecule has 7 heteroatoms. The average molecular weight is 309 g/mol. The van der Waals surface area contributed by atoms with Crippen molar-refractivity contribution in [1.82, 2.24) is 4.98 Å². The number of esters is 2. The minimum atomic E-state index is -0.765. The number of rotatable bonds is 7. The summed E-state index contributed by atoms with van der Waals surface area (Å²) in [7, 11) is 2.90. The van der Waals surface area contributed by atoms with Gasteiger partial charge in [-0.25, -0.2) is 9.59 Å². The highest BCUT2D eigenvalue weighted by molar-refractivity contribution is 6.17. The smallest absolute Gasteiger partial charge is 0.345 e. The van der Waals surface area contributed by atoms with E-state index in [1.165, 1.54) is 20.3 Å². The zero-order chi connectivity index (χ0) is 16.5. The second-order valence-electron chi connectivity index (χ2n) is 3.95. The monoisotopic (exact) mass is 309 g/mol. The van der Waals surface area contributed by atoms with Gasteiger partial charge in [0.25, 0.3) is 0 Å². The number of carbonyl (C=O) groups is 2. The number of hydrogen-bond donors (Lipinski definition) is 0. The van der Waals surface area contributed by atoms with Crippen LogP contribution in [0.2, 0.25) is 0 Å². The van der Waals surface area contributed by atoms with E-state index in [1.807, 2.05) is 0 Å². The fraction of sp³-hybridized carbons (Fsp3) is 0.400. The molecule has 0 aliphatic heterocycles. The molecule has 0 radical (unpaired) electrons. The van der Waals surface area contributed by atoms with E-state index < -0.39 is 11.9 Å². The first-order valence-electron chi connectivity index (χ1n) is 6.72. The molecule has 1 aromatic heterocycles. The van der Waals surface area contributed by atoms with Gasteiger partial charge in [0.2, 0.25) is 11.8 Å². The van der Waals surface area contributed by atoms with E-state index in [0.717, 1.165) is 0 Å². The Labute approximate surface area is 128 Å². The first-order valence-corrected chi connectivity index (χ1v) is 6.72. The first kappa shape index (κ1) is 17.5. The van der Waals surface area contributed by atoms with Crippen LogP contribution in [0.4, 0.5) is 0 Å². The molecule has 7 nitrogen and oxygen atoms in total. The van der Waals surface area contributed by atoms with Gasteiger partial charge in [0.05, 0.1) is 27.4 Å². The third kappa shape index (κ3) is 4.47. The van der Waals surface area contributed by atoms with Crippen molar-refractivity contribution in [2.75, 3.05) is 27.4 Å². The normalized spacial score (nSPS) is 9.64. The predicted molar refractivity (Wildman–Crippen MR) is 78.6 cm³/mol. The molecule has 120 valence electrons. The highest BCUT2D eigenvalue weighted by Crippen LogP contribution is 2.23. The Morgan fingerprint density at radius 2 is 1.64 bits per heavy atom. The van der Waals surface area contributed by atoms with E-state index in [-0.39, 0.29) is 24.7 Å². The highest BCUT2D eigenvalue weighted by Gasteiger charge is 2.22. The molecule has 22 heavy (non-hydrogen) atoms. The van der Waals surface area contributed by atoms with Crippen molar-refractivity contribution in [1.29, 1.82) is 0 Å². The average Bonchev–Trinajstić information content (AvgIpc) is 2.52. The van der Waals surface area contributed by atoms with Gasteiger partial charge in [0.1, 0.15) is 5.57 Å². The Kier molecular flexibility index (Phi) is 6.88. The number of pyridine rings is 1. The molecule has 1 rings (SSSR count). The van der Waals surface area contributed by atoms with Gasteiger partial charge in [-0.2, -0.15) is 4.98 Å². The molecule has 1 heterocycles. The van der Waals surface area contributed by atoms with Gasteiger partial charge in [-0.3, -0.25) is 0 Å². The second kappa shape index (κ2) is 8.66. The lowest BCUT2D eigenvalue weighted by Crippen LogP contribution is -2.18. The molecule has 0 spiro atoms.